The van der Waals surface area contributed by atoms with E-state index in [4.69, 9.17) is 4.74 Å². The lowest BCUT2D eigenvalue weighted by molar-refractivity contribution is -0.127. The van der Waals surface area contributed by atoms with E-state index in [1.807, 2.05) is 24.3 Å². The van der Waals surface area contributed by atoms with Crippen molar-refractivity contribution in [2.75, 3.05) is 27.7 Å². The lowest BCUT2D eigenvalue weighted by atomic mass is 10.2. The van der Waals surface area contributed by atoms with Crippen molar-refractivity contribution in [2.24, 2.45) is 4.99 Å². The van der Waals surface area contributed by atoms with Crippen LogP contribution in [-0.2, 0) is 17.9 Å². The van der Waals surface area contributed by atoms with Crippen LogP contribution in [-0.4, -0.2) is 44.5 Å². The first-order valence-corrected chi connectivity index (χ1v) is 8.68. The summed E-state index contributed by atoms with van der Waals surface area (Å²) in [5.74, 6) is -0.133. The summed E-state index contributed by atoms with van der Waals surface area (Å²) in [6, 6.07) is 10.6. The summed E-state index contributed by atoms with van der Waals surface area (Å²) in [4.78, 5) is 17.7. The third-order valence-electron chi connectivity index (χ3n) is 3.94. The molecule has 2 rings (SSSR count). The zero-order valence-electron chi connectivity index (χ0n) is 16.5. The van der Waals surface area contributed by atoms with Crippen LogP contribution in [0.1, 0.15) is 11.1 Å². The van der Waals surface area contributed by atoms with Crippen molar-refractivity contribution in [3.63, 3.8) is 0 Å². The SMILES string of the molecule is COc1ccc(CN=C(NCC(=O)N(C)C)NCc2cc(F)ccc2F)cc1.I. The molecule has 9 heteroatoms. The molecule has 0 saturated heterocycles. The van der Waals surface area contributed by atoms with E-state index in [0.717, 1.165) is 29.5 Å². The summed E-state index contributed by atoms with van der Waals surface area (Å²) in [7, 11) is 4.88. The molecule has 0 radical (unpaired) electrons. The van der Waals surface area contributed by atoms with Gasteiger partial charge in [-0.1, -0.05) is 12.1 Å². The maximum absolute atomic E-state index is 13.8. The number of carbonyl (C=O) groups is 1. The Morgan fingerprint density at radius 2 is 1.79 bits per heavy atom. The van der Waals surface area contributed by atoms with Gasteiger partial charge < -0.3 is 20.3 Å². The number of nitrogens with one attached hydrogen (secondary N) is 2. The molecule has 0 aliphatic heterocycles. The molecule has 2 aromatic rings. The molecular formula is C20H25F2IN4O2. The maximum Gasteiger partial charge on any atom is 0.241 e. The number of aliphatic imine (C=N–C) groups is 1. The van der Waals surface area contributed by atoms with Crippen molar-refractivity contribution in [3.05, 3.63) is 65.2 Å². The summed E-state index contributed by atoms with van der Waals surface area (Å²) in [6.07, 6.45) is 0. The lowest BCUT2D eigenvalue weighted by Crippen LogP contribution is -2.42. The van der Waals surface area contributed by atoms with Gasteiger partial charge in [0.1, 0.15) is 17.4 Å². The summed E-state index contributed by atoms with van der Waals surface area (Å²) in [5, 5.41) is 5.83. The Morgan fingerprint density at radius 3 is 2.41 bits per heavy atom. The van der Waals surface area contributed by atoms with Crippen LogP contribution in [0.4, 0.5) is 8.78 Å². The maximum atomic E-state index is 13.8. The van der Waals surface area contributed by atoms with Gasteiger partial charge in [-0.05, 0) is 35.9 Å². The standard InChI is InChI=1S/C20H24F2N4O2.HI/c1-26(2)19(27)13-25-20(23-11-14-4-7-17(28-3)8-5-14)24-12-15-10-16(21)6-9-18(15)22;/h4-10H,11-13H2,1-3H3,(H2,23,24,25);1H. The van der Waals surface area contributed by atoms with E-state index in [2.05, 4.69) is 15.6 Å². The number of rotatable bonds is 7. The highest BCUT2D eigenvalue weighted by molar-refractivity contribution is 14.0. The van der Waals surface area contributed by atoms with Crippen LogP contribution in [0.25, 0.3) is 0 Å². The minimum Gasteiger partial charge on any atom is -0.497 e. The fourth-order valence-electron chi connectivity index (χ4n) is 2.25. The Hall–Kier alpha value is -2.43. The van der Waals surface area contributed by atoms with Crippen molar-refractivity contribution in [1.82, 2.24) is 15.5 Å². The van der Waals surface area contributed by atoms with Crippen LogP contribution in [0.3, 0.4) is 0 Å². The molecule has 0 aromatic heterocycles. The van der Waals surface area contributed by atoms with Crippen molar-refractivity contribution in [1.29, 1.82) is 0 Å². The number of hydrogen-bond donors (Lipinski definition) is 2. The summed E-state index contributed by atoms with van der Waals surface area (Å²) >= 11 is 0. The minimum absolute atomic E-state index is 0. The van der Waals surface area contributed by atoms with Gasteiger partial charge >= 0.3 is 0 Å². The number of carbonyl (C=O) groups excluding carboxylic acids is 1. The smallest absolute Gasteiger partial charge is 0.241 e. The zero-order chi connectivity index (χ0) is 20.5. The molecule has 29 heavy (non-hydrogen) atoms. The van der Waals surface area contributed by atoms with Gasteiger partial charge in [-0.25, -0.2) is 13.8 Å². The first kappa shape index (κ1) is 24.6. The normalized spacial score (nSPS) is 10.7. The highest BCUT2D eigenvalue weighted by Crippen LogP contribution is 2.12. The average molecular weight is 518 g/mol. The number of methoxy groups -OCH3 is 1. The number of guanidine groups is 1. The molecule has 2 aromatic carbocycles. The van der Waals surface area contributed by atoms with Crippen molar-refractivity contribution in [2.45, 2.75) is 13.1 Å². The minimum atomic E-state index is -0.523. The third-order valence-corrected chi connectivity index (χ3v) is 3.94. The molecule has 0 heterocycles. The lowest BCUT2D eigenvalue weighted by Gasteiger charge is -2.15. The van der Waals surface area contributed by atoms with Crippen molar-refractivity contribution >= 4 is 35.8 Å². The summed E-state index contributed by atoms with van der Waals surface area (Å²) in [5.41, 5.74) is 1.09. The van der Waals surface area contributed by atoms with Gasteiger partial charge in [0, 0.05) is 26.2 Å². The van der Waals surface area contributed by atoms with Gasteiger partial charge in [0.25, 0.3) is 0 Å². The van der Waals surface area contributed by atoms with Crippen LogP contribution >= 0.6 is 24.0 Å². The molecule has 0 aliphatic carbocycles. The first-order valence-electron chi connectivity index (χ1n) is 8.68. The van der Waals surface area contributed by atoms with Gasteiger partial charge in [0.2, 0.25) is 5.91 Å². The van der Waals surface area contributed by atoms with E-state index in [1.165, 1.54) is 4.90 Å². The van der Waals surface area contributed by atoms with Gasteiger partial charge in [-0.2, -0.15) is 0 Å². The molecule has 1 amide bonds. The van der Waals surface area contributed by atoms with Crippen molar-refractivity contribution < 1.29 is 18.3 Å². The predicted molar refractivity (Wildman–Crippen MR) is 119 cm³/mol. The summed E-state index contributed by atoms with van der Waals surface area (Å²) < 4.78 is 32.3. The Bertz CT molecular complexity index is 830. The number of ether oxygens (including phenoxy) is 1. The van der Waals surface area contributed by atoms with Gasteiger partial charge in [-0.3, -0.25) is 4.79 Å². The number of likely N-dealkylation sites (N-methyl/N-ethyl adjacent to an activating group) is 1. The zero-order valence-corrected chi connectivity index (χ0v) is 18.9. The fraction of sp³-hybridized carbons (Fsp3) is 0.300. The Balaban J connectivity index is 0.00000420. The van der Waals surface area contributed by atoms with Crippen LogP contribution < -0.4 is 15.4 Å². The molecule has 158 valence electrons. The second kappa shape index (κ2) is 12.2. The van der Waals surface area contributed by atoms with E-state index in [9.17, 15) is 13.6 Å². The van der Waals surface area contributed by atoms with Crippen LogP contribution in [0.5, 0.6) is 5.75 Å². The Labute approximate surface area is 186 Å². The van der Waals surface area contributed by atoms with Gasteiger partial charge in [0.05, 0.1) is 20.2 Å². The molecule has 0 bridgehead atoms. The molecule has 0 atom stereocenters. The number of benzene rings is 2. The Kier molecular flexibility index (Phi) is 10.4. The van der Waals surface area contributed by atoms with E-state index in [1.54, 1.807) is 21.2 Å². The summed E-state index contributed by atoms with van der Waals surface area (Å²) in [6.45, 7) is 0.377. The molecule has 0 saturated carbocycles. The number of halogens is 3. The largest absolute Gasteiger partial charge is 0.497 e. The highest BCUT2D eigenvalue weighted by atomic mass is 127. The molecule has 0 unspecified atom stereocenters. The molecule has 0 fully saturated rings. The number of amides is 1. The van der Waals surface area contributed by atoms with Crippen molar-refractivity contribution in [3.8, 4) is 5.75 Å². The fourth-order valence-corrected chi connectivity index (χ4v) is 2.25. The molecule has 6 nitrogen and oxygen atoms in total. The number of hydrogen-bond acceptors (Lipinski definition) is 3. The topological polar surface area (TPSA) is 66.0 Å². The second-order valence-corrected chi connectivity index (χ2v) is 6.24. The second-order valence-electron chi connectivity index (χ2n) is 6.24. The van der Waals surface area contributed by atoms with Gasteiger partial charge in [-0.15, -0.1) is 24.0 Å². The first-order chi connectivity index (χ1) is 13.4. The van der Waals surface area contributed by atoms with Crippen LogP contribution in [0.2, 0.25) is 0 Å². The van der Waals surface area contributed by atoms with E-state index < -0.39 is 11.6 Å². The average Bonchev–Trinajstić information content (AvgIpc) is 2.69. The number of nitrogens with zero attached hydrogens (tertiary/aromatic N) is 2. The predicted octanol–water partition coefficient (Wildman–Crippen LogP) is 2.92. The van der Waals surface area contributed by atoms with E-state index >= 15 is 0 Å². The Morgan fingerprint density at radius 1 is 1.10 bits per heavy atom. The van der Waals surface area contributed by atoms with Crippen LogP contribution in [0.15, 0.2) is 47.5 Å². The third kappa shape index (κ3) is 8.22. The molecule has 0 spiro atoms. The van der Waals surface area contributed by atoms with E-state index in [0.29, 0.717) is 12.5 Å². The molecular weight excluding hydrogens is 493 g/mol. The molecule has 2 N–H and O–H groups in total. The highest BCUT2D eigenvalue weighted by Gasteiger charge is 2.08. The van der Waals surface area contributed by atoms with E-state index in [-0.39, 0.29) is 48.5 Å². The monoisotopic (exact) mass is 518 g/mol. The quantitative estimate of drug-likeness (QED) is 0.336. The van der Waals surface area contributed by atoms with Gasteiger partial charge in [0.15, 0.2) is 5.96 Å². The molecule has 0 aliphatic rings. The van der Waals surface area contributed by atoms with Crippen LogP contribution in [0, 0.1) is 11.6 Å².